The van der Waals surface area contributed by atoms with Gasteiger partial charge in [0, 0.05) is 19.3 Å². The summed E-state index contributed by atoms with van der Waals surface area (Å²) in [7, 11) is 0. The Morgan fingerprint density at radius 3 is 0.862 bits per heavy atom. The zero-order chi connectivity index (χ0) is 47.2. The lowest BCUT2D eigenvalue weighted by molar-refractivity contribution is -0.167. The van der Waals surface area contributed by atoms with E-state index in [1.807, 2.05) is 0 Å². The second-order valence-electron chi connectivity index (χ2n) is 19.2. The predicted molar refractivity (Wildman–Crippen MR) is 279 cm³/mol. The zero-order valence-electron chi connectivity index (χ0n) is 43.5. The molecule has 0 spiro atoms. The first-order chi connectivity index (χ1) is 32.0. The lowest BCUT2D eigenvalue weighted by atomic mass is 10.1. The summed E-state index contributed by atoms with van der Waals surface area (Å²) in [6.07, 6.45) is 64.2. The molecule has 0 radical (unpaired) electrons. The molecule has 0 aliphatic rings. The van der Waals surface area contributed by atoms with Gasteiger partial charge >= 0.3 is 17.9 Å². The Balaban J connectivity index is 4.35. The minimum atomic E-state index is -0.779. The molecule has 0 saturated carbocycles. The van der Waals surface area contributed by atoms with Crippen LogP contribution < -0.4 is 0 Å². The fourth-order valence-corrected chi connectivity index (χ4v) is 8.31. The number of carbonyl (C=O) groups is 3. The molecule has 0 saturated heterocycles. The molecule has 0 fully saturated rings. The van der Waals surface area contributed by atoms with E-state index < -0.39 is 6.10 Å². The first-order valence-corrected chi connectivity index (χ1v) is 28.5. The van der Waals surface area contributed by atoms with Gasteiger partial charge in [0.15, 0.2) is 6.10 Å². The van der Waals surface area contributed by atoms with Gasteiger partial charge in [0.1, 0.15) is 13.2 Å². The lowest BCUT2D eigenvalue weighted by Gasteiger charge is -2.18. The first-order valence-electron chi connectivity index (χ1n) is 28.5. The average molecular weight is 914 g/mol. The van der Waals surface area contributed by atoms with Crippen molar-refractivity contribution >= 4 is 17.9 Å². The summed E-state index contributed by atoms with van der Waals surface area (Å²) in [6, 6.07) is 0. The van der Waals surface area contributed by atoms with E-state index in [0.29, 0.717) is 19.3 Å². The van der Waals surface area contributed by atoms with Gasteiger partial charge in [-0.2, -0.15) is 0 Å². The van der Waals surface area contributed by atoms with Crippen LogP contribution in [0.15, 0.2) is 36.5 Å². The number of esters is 3. The molecule has 0 bridgehead atoms. The third kappa shape index (κ3) is 52.5. The highest BCUT2D eigenvalue weighted by Gasteiger charge is 2.19. The number of carbonyl (C=O) groups excluding carboxylic acids is 3. The van der Waals surface area contributed by atoms with Gasteiger partial charge in [0.05, 0.1) is 0 Å². The normalized spacial score (nSPS) is 12.2. The van der Waals surface area contributed by atoms with Gasteiger partial charge in [-0.05, 0) is 70.6 Å². The molecule has 0 aromatic rings. The van der Waals surface area contributed by atoms with E-state index in [0.717, 1.165) is 83.5 Å². The maximum absolute atomic E-state index is 12.8. The van der Waals surface area contributed by atoms with Crippen molar-refractivity contribution in [1.82, 2.24) is 0 Å². The summed E-state index contributed by atoms with van der Waals surface area (Å²) in [5.74, 6) is -0.887. The van der Waals surface area contributed by atoms with Crippen LogP contribution in [0.1, 0.15) is 303 Å². The van der Waals surface area contributed by atoms with Crippen molar-refractivity contribution < 1.29 is 28.6 Å². The van der Waals surface area contributed by atoms with Crippen LogP contribution >= 0.6 is 0 Å². The minimum Gasteiger partial charge on any atom is -0.462 e. The van der Waals surface area contributed by atoms with Crippen molar-refractivity contribution in [3.8, 4) is 0 Å². The summed E-state index contributed by atoms with van der Waals surface area (Å²) in [4.78, 5) is 38.1. The molecule has 6 nitrogen and oxygen atoms in total. The van der Waals surface area contributed by atoms with Crippen LogP contribution in [0.4, 0.5) is 0 Å². The fraction of sp³-hybridized carbons (Fsp3) is 0.847. The van der Waals surface area contributed by atoms with E-state index in [-0.39, 0.29) is 31.1 Å². The summed E-state index contributed by atoms with van der Waals surface area (Å²) >= 11 is 0. The summed E-state index contributed by atoms with van der Waals surface area (Å²) in [5.41, 5.74) is 0. The van der Waals surface area contributed by atoms with Crippen LogP contribution in [0.3, 0.4) is 0 Å². The highest BCUT2D eigenvalue weighted by molar-refractivity contribution is 5.71. The molecule has 1 atom stereocenters. The largest absolute Gasteiger partial charge is 0.462 e. The van der Waals surface area contributed by atoms with Crippen molar-refractivity contribution in [3.05, 3.63) is 36.5 Å². The summed E-state index contributed by atoms with van der Waals surface area (Å²) < 4.78 is 16.8. The second kappa shape index (κ2) is 54.2. The van der Waals surface area contributed by atoms with Gasteiger partial charge in [0.2, 0.25) is 0 Å². The van der Waals surface area contributed by atoms with Crippen LogP contribution in [0, 0.1) is 0 Å². The van der Waals surface area contributed by atoms with E-state index in [9.17, 15) is 14.4 Å². The summed E-state index contributed by atoms with van der Waals surface area (Å²) in [6.45, 7) is 6.64. The molecule has 6 heteroatoms. The number of unbranched alkanes of at least 4 members (excludes halogenated alkanes) is 36. The maximum Gasteiger partial charge on any atom is 0.306 e. The van der Waals surface area contributed by atoms with Gasteiger partial charge in [-0.15, -0.1) is 0 Å². The Labute approximate surface area is 404 Å². The fourth-order valence-electron chi connectivity index (χ4n) is 8.31. The highest BCUT2D eigenvalue weighted by atomic mass is 16.6. The zero-order valence-corrected chi connectivity index (χ0v) is 43.5. The minimum absolute atomic E-state index is 0.0774. The van der Waals surface area contributed by atoms with Crippen molar-refractivity contribution in [2.75, 3.05) is 13.2 Å². The van der Waals surface area contributed by atoms with Crippen molar-refractivity contribution in [2.24, 2.45) is 0 Å². The molecule has 0 amide bonds. The highest BCUT2D eigenvalue weighted by Crippen LogP contribution is 2.16. The number of allylic oxidation sites excluding steroid dienone is 6. The van der Waals surface area contributed by atoms with E-state index in [2.05, 4.69) is 57.2 Å². The van der Waals surface area contributed by atoms with Crippen LogP contribution in [0.5, 0.6) is 0 Å². The number of rotatable bonds is 52. The van der Waals surface area contributed by atoms with Gasteiger partial charge < -0.3 is 14.2 Å². The molecular formula is C59H108O6. The molecule has 65 heavy (non-hydrogen) atoms. The Bertz CT molecular complexity index is 1090. The second-order valence-corrected chi connectivity index (χ2v) is 19.2. The molecule has 0 aliphatic heterocycles. The lowest BCUT2D eigenvalue weighted by Crippen LogP contribution is -2.30. The molecule has 0 aliphatic carbocycles. The van der Waals surface area contributed by atoms with E-state index in [1.54, 1.807) is 0 Å². The molecule has 0 aromatic heterocycles. The molecular weight excluding hydrogens is 805 g/mol. The number of hydrogen-bond donors (Lipinski definition) is 0. The molecule has 0 rings (SSSR count). The molecule has 1 unspecified atom stereocenters. The third-order valence-corrected chi connectivity index (χ3v) is 12.6. The van der Waals surface area contributed by atoms with Gasteiger partial charge in [-0.3, -0.25) is 14.4 Å². The number of ether oxygens (including phenoxy) is 3. The van der Waals surface area contributed by atoms with Gasteiger partial charge in [-0.1, -0.05) is 250 Å². The van der Waals surface area contributed by atoms with Crippen LogP contribution in [0.25, 0.3) is 0 Å². The smallest absolute Gasteiger partial charge is 0.306 e. The van der Waals surface area contributed by atoms with Crippen LogP contribution in [-0.2, 0) is 28.6 Å². The van der Waals surface area contributed by atoms with Crippen molar-refractivity contribution in [2.45, 2.75) is 309 Å². The standard InChI is InChI=1S/C59H108O6/c1-4-7-10-13-16-19-22-24-26-28-30-32-34-37-40-43-46-49-52-58(61)64-55-56(54-63-57(60)51-48-45-42-39-36-21-18-15-12-9-6-3)65-59(62)53-50-47-44-41-38-35-33-31-29-27-25-23-20-17-14-11-8-5-2/h26,28,30-33,56H,4-25,27,29,34-55H2,1-3H3/b28-26-,32-30-,33-31-. The molecule has 0 heterocycles. The van der Waals surface area contributed by atoms with Gasteiger partial charge in [-0.25, -0.2) is 0 Å². The third-order valence-electron chi connectivity index (χ3n) is 12.6. The van der Waals surface area contributed by atoms with Crippen molar-refractivity contribution in [3.63, 3.8) is 0 Å². The van der Waals surface area contributed by atoms with E-state index in [1.165, 1.54) is 180 Å². The Morgan fingerprint density at radius 1 is 0.308 bits per heavy atom. The first kappa shape index (κ1) is 62.6. The topological polar surface area (TPSA) is 78.9 Å². The number of hydrogen-bond acceptors (Lipinski definition) is 6. The van der Waals surface area contributed by atoms with Gasteiger partial charge in [0.25, 0.3) is 0 Å². The Morgan fingerprint density at radius 2 is 0.554 bits per heavy atom. The van der Waals surface area contributed by atoms with Crippen LogP contribution in [0.2, 0.25) is 0 Å². The quantitative estimate of drug-likeness (QED) is 0.0199. The van der Waals surface area contributed by atoms with Crippen molar-refractivity contribution in [1.29, 1.82) is 0 Å². The Hall–Kier alpha value is -2.37. The summed E-state index contributed by atoms with van der Waals surface area (Å²) in [5, 5.41) is 0. The monoisotopic (exact) mass is 913 g/mol. The Kier molecular flexibility index (Phi) is 52.3. The average Bonchev–Trinajstić information content (AvgIpc) is 3.30. The predicted octanol–water partition coefficient (Wildman–Crippen LogP) is 18.9. The van der Waals surface area contributed by atoms with Crippen LogP contribution in [-0.4, -0.2) is 37.2 Å². The molecule has 380 valence electrons. The molecule has 0 N–H and O–H groups in total. The molecule has 0 aromatic carbocycles. The SMILES string of the molecule is CCCCCCCCC/C=C\C=C/CCCCCCCC(=O)OCC(COC(=O)CCCCCCCCCCCCC)OC(=O)CCCCCCC/C=C\CCCCCCCCCCC. The van der Waals surface area contributed by atoms with E-state index >= 15 is 0 Å². The maximum atomic E-state index is 12.8. The van der Waals surface area contributed by atoms with E-state index in [4.69, 9.17) is 14.2 Å².